The van der Waals surface area contributed by atoms with Crippen LogP contribution in [0.2, 0.25) is 0 Å². The first-order valence-electron chi connectivity index (χ1n) is 11.1. The molecule has 1 amide bonds. The monoisotopic (exact) mass is 512 g/mol. The maximum absolute atomic E-state index is 13.8. The Balaban J connectivity index is 1.61. The van der Waals surface area contributed by atoms with Crippen LogP contribution >= 0.6 is 0 Å². The van der Waals surface area contributed by atoms with E-state index in [9.17, 15) is 21.6 Å². The smallest absolute Gasteiger partial charge is 0.339 e. The summed E-state index contributed by atoms with van der Waals surface area (Å²) >= 11 is 0. The summed E-state index contributed by atoms with van der Waals surface area (Å²) in [5, 5.41) is 2.82. The third-order valence-corrected chi connectivity index (χ3v) is 9.71. The van der Waals surface area contributed by atoms with Crippen molar-refractivity contribution in [1.82, 2.24) is 9.62 Å². The lowest BCUT2D eigenvalue weighted by atomic mass is 9.83. The Morgan fingerprint density at radius 3 is 2.09 bits per heavy atom. The zero-order chi connectivity index (χ0) is 24.8. The van der Waals surface area contributed by atoms with Gasteiger partial charge in [-0.15, -0.1) is 0 Å². The van der Waals surface area contributed by atoms with Gasteiger partial charge in [-0.05, 0) is 36.8 Å². The van der Waals surface area contributed by atoms with E-state index in [1.807, 2.05) is 6.92 Å². The molecule has 3 aromatic rings. The Hall–Kier alpha value is -3.21. The van der Waals surface area contributed by atoms with Gasteiger partial charge in [0.1, 0.15) is 16.8 Å². The van der Waals surface area contributed by atoms with E-state index in [2.05, 4.69) is 5.32 Å². The van der Waals surface area contributed by atoms with Gasteiger partial charge in [-0.1, -0.05) is 61.5 Å². The van der Waals surface area contributed by atoms with Gasteiger partial charge in [0, 0.05) is 17.4 Å². The molecule has 3 atom stereocenters. The van der Waals surface area contributed by atoms with Crippen molar-refractivity contribution in [3.63, 3.8) is 0 Å². The van der Waals surface area contributed by atoms with Gasteiger partial charge in [-0.3, -0.25) is 4.79 Å². The summed E-state index contributed by atoms with van der Waals surface area (Å²) in [6.07, 6.45) is -0.293. The van der Waals surface area contributed by atoms with E-state index in [1.54, 1.807) is 54.6 Å². The first kappa shape index (κ1) is 23.5. The quantitative estimate of drug-likeness (QED) is 0.507. The maximum Gasteiger partial charge on any atom is 0.339 e. The molecule has 2 heterocycles. The summed E-state index contributed by atoms with van der Waals surface area (Å²) in [6.45, 7) is 1.87. The van der Waals surface area contributed by atoms with Gasteiger partial charge < -0.3 is 9.50 Å². The van der Waals surface area contributed by atoms with Crippen molar-refractivity contribution in [3.05, 3.63) is 90.5 Å². The Morgan fingerprint density at radius 1 is 0.857 bits per heavy atom. The molecule has 182 valence electrons. The molecule has 0 unspecified atom stereocenters. The van der Waals surface area contributed by atoms with E-state index in [-0.39, 0.29) is 27.9 Å². The van der Waals surface area contributed by atoms with E-state index >= 15 is 0 Å². The van der Waals surface area contributed by atoms with Crippen molar-refractivity contribution in [1.29, 1.82) is 0 Å². The average molecular weight is 513 g/mol. The lowest BCUT2D eigenvalue weighted by Gasteiger charge is -2.30. The number of para-hydroxylation sites is 1. The topological polar surface area (TPSA) is 110 Å². The van der Waals surface area contributed by atoms with E-state index in [0.29, 0.717) is 12.0 Å². The maximum atomic E-state index is 13.8. The highest BCUT2D eigenvalue weighted by atomic mass is 32.2. The number of nitrogens with one attached hydrogen (secondary N) is 1. The zero-order valence-corrected chi connectivity index (χ0v) is 20.5. The van der Waals surface area contributed by atoms with Crippen molar-refractivity contribution in [2.45, 2.75) is 41.8 Å². The number of hydrogen-bond acceptors (Lipinski definition) is 6. The number of rotatable bonds is 6. The second-order valence-corrected chi connectivity index (χ2v) is 12.4. The fourth-order valence-electron chi connectivity index (χ4n) is 4.96. The number of fused-ring (bicyclic) bond motifs is 1. The molecule has 3 aromatic carbocycles. The van der Waals surface area contributed by atoms with Crippen LogP contribution < -0.4 is 9.50 Å². The minimum atomic E-state index is -4.15. The third kappa shape index (κ3) is 4.11. The van der Waals surface area contributed by atoms with Crippen LogP contribution in [0.1, 0.15) is 31.4 Å². The Morgan fingerprint density at radius 2 is 1.43 bits per heavy atom. The molecule has 2 aliphatic rings. The number of amides is 1. The largest absolute Gasteiger partial charge is 0.379 e. The lowest BCUT2D eigenvalue weighted by Crippen LogP contribution is -2.47. The molecular weight excluding hydrogens is 488 g/mol. The summed E-state index contributed by atoms with van der Waals surface area (Å²) in [7, 11) is -8.20. The SMILES string of the molecule is C[C@@]12CC(=O)N[C@@H]1N(S(=O)(=O)c1ccccc1)[C@H](c1ccccc1OS(=O)(=O)c1ccccc1)C2. The van der Waals surface area contributed by atoms with Crippen LogP contribution in [0, 0.1) is 5.41 Å². The summed E-state index contributed by atoms with van der Waals surface area (Å²) in [5.41, 5.74) is -0.258. The second kappa shape index (κ2) is 8.47. The predicted octanol–water partition coefficient (Wildman–Crippen LogP) is 3.44. The molecule has 0 bridgehead atoms. The first-order valence-corrected chi connectivity index (χ1v) is 13.9. The van der Waals surface area contributed by atoms with Crippen LogP contribution in [-0.2, 0) is 24.9 Å². The molecule has 0 radical (unpaired) electrons. The van der Waals surface area contributed by atoms with Crippen LogP contribution in [0.4, 0.5) is 0 Å². The van der Waals surface area contributed by atoms with Gasteiger partial charge >= 0.3 is 10.1 Å². The molecule has 35 heavy (non-hydrogen) atoms. The predicted molar refractivity (Wildman–Crippen MR) is 128 cm³/mol. The number of sulfonamides is 1. The molecule has 2 aliphatic heterocycles. The van der Waals surface area contributed by atoms with Crippen LogP contribution in [0.25, 0.3) is 0 Å². The normalized spacial score (nSPS) is 24.7. The average Bonchev–Trinajstić information content (AvgIpc) is 3.28. The van der Waals surface area contributed by atoms with Crippen LogP contribution in [0.5, 0.6) is 5.75 Å². The van der Waals surface area contributed by atoms with Crippen molar-refractivity contribution < 1.29 is 25.8 Å². The van der Waals surface area contributed by atoms with Gasteiger partial charge in [-0.25, -0.2) is 8.42 Å². The first-order chi connectivity index (χ1) is 16.6. The molecule has 8 nitrogen and oxygen atoms in total. The van der Waals surface area contributed by atoms with Crippen molar-refractivity contribution in [3.8, 4) is 5.75 Å². The number of hydrogen-bond donors (Lipinski definition) is 1. The number of carbonyl (C=O) groups excluding carboxylic acids is 1. The molecule has 2 fully saturated rings. The molecule has 5 rings (SSSR count). The lowest BCUT2D eigenvalue weighted by molar-refractivity contribution is -0.120. The highest BCUT2D eigenvalue weighted by Gasteiger charge is 2.59. The highest BCUT2D eigenvalue weighted by molar-refractivity contribution is 7.89. The van der Waals surface area contributed by atoms with Gasteiger partial charge in [0.05, 0.1) is 10.9 Å². The van der Waals surface area contributed by atoms with Crippen molar-refractivity contribution in [2.75, 3.05) is 0 Å². The number of carbonyl (C=O) groups is 1. The molecule has 0 aromatic heterocycles. The third-order valence-electron chi connectivity index (χ3n) is 6.57. The number of benzene rings is 3. The van der Waals surface area contributed by atoms with Gasteiger partial charge in [-0.2, -0.15) is 12.7 Å². The molecular formula is C25H24N2O6S2. The van der Waals surface area contributed by atoms with Gasteiger partial charge in [0.15, 0.2) is 0 Å². The fourth-order valence-corrected chi connectivity index (χ4v) is 7.79. The Bertz CT molecular complexity index is 1480. The van der Waals surface area contributed by atoms with Crippen LogP contribution in [0.3, 0.4) is 0 Å². The highest BCUT2D eigenvalue weighted by Crippen LogP contribution is 2.54. The summed E-state index contributed by atoms with van der Waals surface area (Å²) in [4.78, 5) is 12.4. The van der Waals surface area contributed by atoms with E-state index in [1.165, 1.54) is 34.6 Å². The minimum Gasteiger partial charge on any atom is -0.379 e. The van der Waals surface area contributed by atoms with Crippen molar-refractivity contribution in [2.24, 2.45) is 5.41 Å². The fraction of sp³-hybridized carbons (Fsp3) is 0.240. The molecule has 10 heteroatoms. The molecule has 2 saturated heterocycles. The summed E-state index contributed by atoms with van der Waals surface area (Å²) in [5.74, 6) is -0.176. The van der Waals surface area contributed by atoms with Gasteiger partial charge in [0.25, 0.3) is 0 Å². The van der Waals surface area contributed by atoms with E-state index in [0.717, 1.165) is 0 Å². The van der Waals surface area contributed by atoms with E-state index in [4.69, 9.17) is 4.18 Å². The zero-order valence-electron chi connectivity index (χ0n) is 18.9. The number of nitrogens with zero attached hydrogens (tertiary/aromatic N) is 1. The summed E-state index contributed by atoms with van der Waals surface area (Å²) < 4.78 is 60.4. The molecule has 0 aliphatic carbocycles. The standard InChI is InChI=1S/C25H24N2O6S2/c1-25-16-21(20-14-8-9-15-22(20)33-35(31,32)19-12-6-3-7-13-19)27(24(25)26-23(28)17-25)34(29,30)18-10-4-2-5-11-18/h2-15,21,24H,16-17H2,1H3,(H,26,28)/t21-,24+,25+/m0/s1. The molecule has 1 N–H and O–H groups in total. The van der Waals surface area contributed by atoms with Crippen LogP contribution in [-0.4, -0.2) is 33.2 Å². The minimum absolute atomic E-state index is 0.00826. The summed E-state index contributed by atoms with van der Waals surface area (Å²) in [6, 6.07) is 21.5. The molecule has 0 saturated carbocycles. The second-order valence-electron chi connectivity index (χ2n) is 9.06. The van der Waals surface area contributed by atoms with Crippen LogP contribution in [0.15, 0.2) is 94.7 Å². The van der Waals surface area contributed by atoms with E-state index < -0.39 is 37.8 Å². The van der Waals surface area contributed by atoms with Gasteiger partial charge in [0.2, 0.25) is 15.9 Å². The Labute approximate surface area is 204 Å². The molecule has 0 spiro atoms. The van der Waals surface area contributed by atoms with Crippen molar-refractivity contribution >= 4 is 26.0 Å². The Kier molecular flexibility index (Phi) is 5.70.